The molecular weight excluding hydrogens is 254 g/mol. The zero-order chi connectivity index (χ0) is 13.8. The maximum absolute atomic E-state index is 12.8. The van der Waals surface area contributed by atoms with E-state index in [-0.39, 0.29) is 0 Å². The molecule has 0 spiro atoms. The van der Waals surface area contributed by atoms with Crippen molar-refractivity contribution in [3.05, 3.63) is 0 Å². The van der Waals surface area contributed by atoms with Crippen LogP contribution < -0.4 is 0 Å². The first-order valence-corrected chi connectivity index (χ1v) is 6.93. The van der Waals surface area contributed by atoms with E-state index in [1.165, 1.54) is 0 Å². The van der Waals surface area contributed by atoms with E-state index >= 15 is 0 Å². The van der Waals surface area contributed by atoms with Crippen molar-refractivity contribution in [1.29, 1.82) is 0 Å². The largest absolute Gasteiger partial charge is 0.388 e. The minimum absolute atomic E-state index is 0.461. The van der Waals surface area contributed by atoms with Gasteiger partial charge in [-0.05, 0) is 56.3 Å². The standard InChI is InChI=1S/C14H18F2O3/c1-13(15,16)11(17)19-12(18)14-5-8-2-9(6-14)4-10(3-8)7-14/h8-10H,2-7H2,1H3. The van der Waals surface area contributed by atoms with Crippen LogP contribution in [-0.2, 0) is 14.3 Å². The lowest BCUT2D eigenvalue weighted by Gasteiger charge is -2.54. The summed E-state index contributed by atoms with van der Waals surface area (Å²) in [7, 11) is 0. The lowest BCUT2D eigenvalue weighted by atomic mass is 9.49. The minimum atomic E-state index is -3.60. The molecule has 0 saturated heterocycles. The zero-order valence-corrected chi connectivity index (χ0v) is 11.0. The van der Waals surface area contributed by atoms with Crippen molar-refractivity contribution >= 4 is 11.9 Å². The fraction of sp³-hybridized carbons (Fsp3) is 0.857. The molecule has 4 bridgehead atoms. The monoisotopic (exact) mass is 272 g/mol. The zero-order valence-electron chi connectivity index (χ0n) is 11.0. The Morgan fingerprint density at radius 1 is 1.05 bits per heavy atom. The smallest absolute Gasteiger partial charge is 0.384 e. The summed E-state index contributed by atoms with van der Waals surface area (Å²) in [5.74, 6) is -4.49. The molecule has 0 aromatic heterocycles. The molecule has 4 aliphatic rings. The van der Waals surface area contributed by atoms with Crippen molar-refractivity contribution in [3.8, 4) is 0 Å². The second kappa shape index (κ2) is 4.00. The van der Waals surface area contributed by atoms with E-state index in [0.29, 0.717) is 43.9 Å². The summed E-state index contributed by atoms with van der Waals surface area (Å²) in [6.45, 7) is 0.461. The van der Waals surface area contributed by atoms with Crippen LogP contribution in [0.3, 0.4) is 0 Å². The van der Waals surface area contributed by atoms with Crippen LogP contribution in [0, 0.1) is 23.2 Å². The second-order valence-corrected chi connectivity index (χ2v) is 6.76. The van der Waals surface area contributed by atoms with Gasteiger partial charge in [-0.3, -0.25) is 4.79 Å². The number of carbonyl (C=O) groups is 2. The molecule has 0 amide bonds. The summed E-state index contributed by atoms with van der Waals surface area (Å²) in [5, 5.41) is 0. The van der Waals surface area contributed by atoms with E-state index < -0.39 is 23.3 Å². The highest BCUT2D eigenvalue weighted by Crippen LogP contribution is 2.60. The lowest BCUT2D eigenvalue weighted by Crippen LogP contribution is -2.51. The topological polar surface area (TPSA) is 43.4 Å². The highest BCUT2D eigenvalue weighted by Gasteiger charge is 2.56. The van der Waals surface area contributed by atoms with Gasteiger partial charge in [0.2, 0.25) is 0 Å². The second-order valence-electron chi connectivity index (χ2n) is 6.76. The molecule has 0 radical (unpaired) electrons. The molecule has 4 aliphatic carbocycles. The van der Waals surface area contributed by atoms with Crippen LogP contribution >= 0.6 is 0 Å². The van der Waals surface area contributed by atoms with Crippen molar-refractivity contribution in [2.45, 2.75) is 51.4 Å². The van der Waals surface area contributed by atoms with Gasteiger partial charge in [-0.2, -0.15) is 8.78 Å². The molecule has 19 heavy (non-hydrogen) atoms. The Labute approximate surface area is 110 Å². The summed E-state index contributed by atoms with van der Waals surface area (Å²) < 4.78 is 30.1. The average Bonchev–Trinajstić information content (AvgIpc) is 2.25. The van der Waals surface area contributed by atoms with E-state index in [1.54, 1.807) is 0 Å². The summed E-state index contributed by atoms with van der Waals surface area (Å²) in [5.41, 5.74) is -0.657. The average molecular weight is 272 g/mol. The van der Waals surface area contributed by atoms with Gasteiger partial charge in [0.05, 0.1) is 5.41 Å². The number of carbonyl (C=O) groups excluding carboxylic acids is 2. The Hall–Kier alpha value is -1.00. The van der Waals surface area contributed by atoms with E-state index in [4.69, 9.17) is 0 Å². The van der Waals surface area contributed by atoms with Crippen LogP contribution in [0.5, 0.6) is 0 Å². The fourth-order valence-electron chi connectivity index (χ4n) is 4.64. The Balaban J connectivity index is 1.75. The summed E-state index contributed by atoms with van der Waals surface area (Å²) >= 11 is 0. The van der Waals surface area contributed by atoms with Gasteiger partial charge in [-0.15, -0.1) is 0 Å². The first-order valence-electron chi connectivity index (χ1n) is 6.93. The van der Waals surface area contributed by atoms with E-state index in [0.717, 1.165) is 19.3 Å². The van der Waals surface area contributed by atoms with Crippen molar-refractivity contribution in [3.63, 3.8) is 0 Å². The van der Waals surface area contributed by atoms with Crippen molar-refractivity contribution in [1.82, 2.24) is 0 Å². The molecule has 4 saturated carbocycles. The van der Waals surface area contributed by atoms with Crippen LogP contribution in [0.1, 0.15) is 45.4 Å². The number of hydrogen-bond acceptors (Lipinski definition) is 3. The molecule has 3 nitrogen and oxygen atoms in total. The molecule has 0 aliphatic heterocycles. The van der Waals surface area contributed by atoms with Gasteiger partial charge >= 0.3 is 17.9 Å². The number of alkyl halides is 2. The Morgan fingerprint density at radius 2 is 1.47 bits per heavy atom. The van der Waals surface area contributed by atoms with Crippen molar-refractivity contribution in [2.75, 3.05) is 0 Å². The lowest BCUT2D eigenvalue weighted by molar-refractivity contribution is -0.190. The van der Waals surface area contributed by atoms with Crippen LogP contribution in [0.25, 0.3) is 0 Å². The number of rotatable bonds is 2. The Morgan fingerprint density at radius 3 is 1.84 bits per heavy atom. The maximum atomic E-state index is 12.8. The van der Waals surface area contributed by atoms with E-state index in [1.807, 2.05) is 0 Å². The number of esters is 2. The van der Waals surface area contributed by atoms with Crippen LogP contribution in [0.15, 0.2) is 0 Å². The molecule has 0 aromatic carbocycles. The summed E-state index contributed by atoms with van der Waals surface area (Å²) in [4.78, 5) is 23.4. The van der Waals surface area contributed by atoms with Crippen LogP contribution in [0.2, 0.25) is 0 Å². The first kappa shape index (κ1) is 13.0. The van der Waals surface area contributed by atoms with Crippen LogP contribution in [0.4, 0.5) is 8.78 Å². The molecule has 0 heterocycles. The molecule has 5 heteroatoms. The van der Waals surface area contributed by atoms with Crippen molar-refractivity contribution < 1.29 is 23.1 Å². The third-order valence-corrected chi connectivity index (χ3v) is 5.02. The molecular formula is C14H18F2O3. The van der Waals surface area contributed by atoms with Crippen molar-refractivity contribution in [2.24, 2.45) is 23.2 Å². The molecule has 0 aromatic rings. The maximum Gasteiger partial charge on any atom is 0.384 e. The Kier molecular flexibility index (Phi) is 2.74. The van der Waals surface area contributed by atoms with Gasteiger partial charge in [0.1, 0.15) is 0 Å². The predicted molar refractivity (Wildman–Crippen MR) is 62.3 cm³/mol. The number of hydrogen-bond donors (Lipinski definition) is 0. The molecule has 0 unspecified atom stereocenters. The highest BCUT2D eigenvalue weighted by atomic mass is 19.3. The fourth-order valence-corrected chi connectivity index (χ4v) is 4.64. The van der Waals surface area contributed by atoms with Gasteiger partial charge in [-0.25, -0.2) is 4.79 Å². The predicted octanol–water partition coefficient (Wildman–Crippen LogP) is 2.93. The van der Waals surface area contributed by atoms with E-state index in [2.05, 4.69) is 4.74 Å². The summed E-state index contributed by atoms with van der Waals surface area (Å²) in [6, 6.07) is 0. The third-order valence-electron chi connectivity index (χ3n) is 5.02. The van der Waals surface area contributed by atoms with Gasteiger partial charge in [0, 0.05) is 6.92 Å². The van der Waals surface area contributed by atoms with Gasteiger partial charge in [-0.1, -0.05) is 0 Å². The van der Waals surface area contributed by atoms with Crippen LogP contribution in [-0.4, -0.2) is 17.9 Å². The number of halogens is 2. The minimum Gasteiger partial charge on any atom is -0.388 e. The summed E-state index contributed by atoms with van der Waals surface area (Å²) in [6.07, 6.45) is 5.56. The molecule has 4 fully saturated rings. The molecule has 4 rings (SSSR count). The molecule has 106 valence electrons. The number of ether oxygens (including phenoxy) is 1. The quantitative estimate of drug-likeness (QED) is 0.573. The first-order chi connectivity index (χ1) is 8.78. The SMILES string of the molecule is CC(F)(F)C(=O)OC(=O)C12CC3CC(CC(C3)C1)C2. The van der Waals surface area contributed by atoms with Gasteiger partial charge in [0.15, 0.2) is 0 Å². The molecule has 0 atom stereocenters. The van der Waals surface area contributed by atoms with E-state index in [9.17, 15) is 18.4 Å². The Bertz CT molecular complexity index is 390. The third kappa shape index (κ3) is 2.17. The van der Waals surface area contributed by atoms with Gasteiger partial charge in [0.25, 0.3) is 0 Å². The normalized spacial score (nSPS) is 40.3. The highest BCUT2D eigenvalue weighted by molar-refractivity contribution is 5.92. The molecule has 0 N–H and O–H groups in total. The van der Waals surface area contributed by atoms with Gasteiger partial charge < -0.3 is 4.74 Å².